The van der Waals surface area contributed by atoms with E-state index in [9.17, 15) is 22.7 Å². The van der Waals surface area contributed by atoms with Crippen LogP contribution in [0.25, 0.3) is 0 Å². The predicted octanol–water partition coefficient (Wildman–Crippen LogP) is 0.932. The molecule has 3 rings (SSSR count). The smallest absolute Gasteiger partial charge is 0.241 e. The second kappa shape index (κ2) is 10.6. The van der Waals surface area contributed by atoms with Crippen molar-refractivity contribution in [2.24, 2.45) is 0 Å². The van der Waals surface area contributed by atoms with E-state index in [4.69, 9.17) is 4.74 Å². The monoisotopic (exact) mass is 449 g/mol. The Balaban J connectivity index is 1.53. The van der Waals surface area contributed by atoms with Crippen LogP contribution < -0.4 is 10.0 Å². The molecule has 2 heterocycles. The number of aliphatic hydroxyl groups excluding tert-OH is 1. The average Bonchev–Trinajstić information content (AvgIpc) is 2.75. The van der Waals surface area contributed by atoms with Gasteiger partial charge in [-0.15, -0.1) is 0 Å². The minimum absolute atomic E-state index is 0.0424. The summed E-state index contributed by atoms with van der Waals surface area (Å²) in [4.78, 5) is 16.0. The third-order valence-corrected chi connectivity index (χ3v) is 6.23. The number of aromatic nitrogens is 1. The fourth-order valence-corrected chi connectivity index (χ4v) is 4.34. The number of carbonyl (C=O) groups excluding carboxylic acids is 1. The molecule has 0 unspecified atom stereocenters. The van der Waals surface area contributed by atoms with Gasteiger partial charge in [-0.3, -0.25) is 9.78 Å². The molecular weight excluding hydrogens is 425 g/mol. The molecule has 3 atom stereocenters. The summed E-state index contributed by atoms with van der Waals surface area (Å²) in [6.07, 6.45) is 5.77. The van der Waals surface area contributed by atoms with E-state index in [1.165, 1.54) is 0 Å². The molecule has 1 amide bonds. The normalized spacial score (nSPS) is 21.0. The van der Waals surface area contributed by atoms with Crippen LogP contribution in [0, 0.1) is 5.82 Å². The molecule has 1 aromatic carbocycles. The number of rotatable bonds is 9. The molecule has 166 valence electrons. The van der Waals surface area contributed by atoms with E-state index < -0.39 is 40.7 Å². The summed E-state index contributed by atoms with van der Waals surface area (Å²) in [5, 5.41) is 12.4. The molecular formula is C21H24FN3O5S. The highest BCUT2D eigenvalue weighted by Crippen LogP contribution is 2.18. The van der Waals surface area contributed by atoms with Crippen LogP contribution in [0.1, 0.15) is 12.0 Å². The number of halogens is 1. The maximum Gasteiger partial charge on any atom is 0.241 e. The third kappa shape index (κ3) is 6.66. The van der Waals surface area contributed by atoms with Gasteiger partial charge in [-0.05, 0) is 48.4 Å². The molecule has 1 aliphatic heterocycles. The Morgan fingerprint density at radius 3 is 2.52 bits per heavy atom. The van der Waals surface area contributed by atoms with E-state index in [0.717, 1.165) is 29.8 Å². The first-order chi connectivity index (χ1) is 14.9. The fourth-order valence-electron chi connectivity index (χ4n) is 3.12. The molecule has 0 aliphatic carbocycles. The summed E-state index contributed by atoms with van der Waals surface area (Å²) in [5.74, 6) is -0.763. The van der Waals surface area contributed by atoms with Gasteiger partial charge in [0, 0.05) is 18.9 Å². The summed E-state index contributed by atoms with van der Waals surface area (Å²) in [6, 6.07) is 7.32. The number of sulfonamides is 1. The van der Waals surface area contributed by atoms with E-state index >= 15 is 0 Å². The van der Waals surface area contributed by atoms with Gasteiger partial charge in [-0.25, -0.2) is 17.5 Å². The van der Waals surface area contributed by atoms with Crippen LogP contribution in [-0.2, 0) is 26.0 Å². The van der Waals surface area contributed by atoms with Crippen LogP contribution in [0.5, 0.6) is 0 Å². The first-order valence-corrected chi connectivity index (χ1v) is 11.2. The molecule has 10 heteroatoms. The molecule has 3 N–H and O–H groups in total. The lowest BCUT2D eigenvalue weighted by molar-refractivity contribution is -0.125. The van der Waals surface area contributed by atoms with Crippen molar-refractivity contribution in [1.82, 2.24) is 15.0 Å². The van der Waals surface area contributed by atoms with Crippen molar-refractivity contribution in [3.63, 3.8) is 0 Å². The van der Waals surface area contributed by atoms with Gasteiger partial charge in [-0.2, -0.15) is 0 Å². The number of hydrogen-bond donors (Lipinski definition) is 3. The Hall–Kier alpha value is -2.66. The summed E-state index contributed by atoms with van der Waals surface area (Å²) in [5.41, 5.74) is 1.06. The Morgan fingerprint density at radius 1 is 1.13 bits per heavy atom. The van der Waals surface area contributed by atoms with Gasteiger partial charge >= 0.3 is 0 Å². The predicted molar refractivity (Wildman–Crippen MR) is 111 cm³/mol. The second-order valence-corrected chi connectivity index (χ2v) is 8.75. The third-order valence-electron chi connectivity index (χ3n) is 4.75. The maximum atomic E-state index is 13.0. The van der Waals surface area contributed by atoms with Crippen molar-refractivity contribution in [2.45, 2.75) is 36.0 Å². The zero-order valence-corrected chi connectivity index (χ0v) is 17.5. The van der Waals surface area contributed by atoms with Crippen molar-refractivity contribution in [3.05, 3.63) is 72.3 Å². The molecule has 0 bridgehead atoms. The second-order valence-electron chi connectivity index (χ2n) is 7.04. The minimum Gasteiger partial charge on any atom is -0.394 e. The number of carbonyl (C=O) groups is 1. The topological polar surface area (TPSA) is 118 Å². The number of hydrogen-bond acceptors (Lipinski definition) is 6. The van der Waals surface area contributed by atoms with Crippen LogP contribution in [0.4, 0.5) is 4.39 Å². The lowest BCUT2D eigenvalue weighted by atomic mass is 10.1. The highest BCUT2D eigenvalue weighted by Gasteiger charge is 2.31. The fraction of sp³-hybridized carbons (Fsp3) is 0.333. The molecule has 0 radical (unpaired) electrons. The summed E-state index contributed by atoms with van der Waals surface area (Å²) >= 11 is 0. The molecule has 0 fully saturated rings. The molecule has 31 heavy (non-hydrogen) atoms. The van der Waals surface area contributed by atoms with E-state index in [-0.39, 0.29) is 17.2 Å². The molecule has 1 aliphatic rings. The number of ether oxygens (including phenoxy) is 1. The SMILES string of the molecule is O=C(C[C@@H]1C=C[C@@H](NS(=O)(=O)c2ccc(F)cc2)[C@H](CO)O1)NCCc1ccncc1. The van der Waals surface area contributed by atoms with Gasteiger partial charge in [0.05, 0.1) is 30.1 Å². The van der Waals surface area contributed by atoms with Crippen LogP contribution in [0.2, 0.25) is 0 Å². The van der Waals surface area contributed by atoms with Gasteiger partial charge in [0.1, 0.15) is 11.9 Å². The average molecular weight is 450 g/mol. The maximum absolute atomic E-state index is 13.0. The summed E-state index contributed by atoms with van der Waals surface area (Å²) in [6.45, 7) is 0.0178. The number of nitrogens with one attached hydrogen (secondary N) is 2. The quantitative estimate of drug-likeness (QED) is 0.491. The van der Waals surface area contributed by atoms with Crippen molar-refractivity contribution in [2.75, 3.05) is 13.2 Å². The molecule has 1 aromatic heterocycles. The van der Waals surface area contributed by atoms with Crippen LogP contribution in [0.15, 0.2) is 65.8 Å². The Labute approximate surface area is 180 Å². The zero-order chi connectivity index (χ0) is 22.3. The largest absolute Gasteiger partial charge is 0.394 e. The lowest BCUT2D eigenvalue weighted by Crippen LogP contribution is -2.49. The number of aliphatic hydroxyl groups is 1. The van der Waals surface area contributed by atoms with Gasteiger partial charge in [-0.1, -0.05) is 12.2 Å². The molecule has 2 aromatic rings. The van der Waals surface area contributed by atoms with Gasteiger partial charge in [0.15, 0.2) is 0 Å². The Kier molecular flexibility index (Phi) is 7.85. The highest BCUT2D eigenvalue weighted by molar-refractivity contribution is 7.89. The lowest BCUT2D eigenvalue weighted by Gasteiger charge is -2.31. The Morgan fingerprint density at radius 2 is 1.84 bits per heavy atom. The van der Waals surface area contributed by atoms with Crippen molar-refractivity contribution >= 4 is 15.9 Å². The summed E-state index contributed by atoms with van der Waals surface area (Å²) < 4.78 is 46.2. The molecule has 0 saturated heterocycles. The van der Waals surface area contributed by atoms with Gasteiger partial charge in [0.25, 0.3) is 0 Å². The minimum atomic E-state index is -3.94. The standard InChI is InChI=1S/C21H24FN3O5S/c22-16-1-4-18(5-2-16)31(28,29)25-19-6-3-17(30-20(19)14-26)13-21(27)24-12-9-15-7-10-23-11-8-15/h1-8,10-11,17,19-20,25-26H,9,12-14H2,(H,24,27)/t17-,19+,20-/m0/s1. The van der Waals surface area contributed by atoms with Crippen LogP contribution in [-0.4, -0.2) is 55.8 Å². The van der Waals surface area contributed by atoms with Gasteiger partial charge < -0.3 is 15.2 Å². The van der Waals surface area contributed by atoms with Crippen LogP contribution in [0.3, 0.4) is 0 Å². The molecule has 0 saturated carbocycles. The van der Waals surface area contributed by atoms with Crippen molar-refractivity contribution < 1.29 is 27.4 Å². The van der Waals surface area contributed by atoms with E-state index in [1.54, 1.807) is 24.5 Å². The van der Waals surface area contributed by atoms with Crippen molar-refractivity contribution in [3.8, 4) is 0 Å². The summed E-state index contributed by atoms with van der Waals surface area (Å²) in [7, 11) is -3.94. The Bertz CT molecular complexity index is 999. The van der Waals surface area contributed by atoms with Crippen LogP contribution >= 0.6 is 0 Å². The van der Waals surface area contributed by atoms with Gasteiger partial charge in [0.2, 0.25) is 15.9 Å². The zero-order valence-electron chi connectivity index (χ0n) is 16.6. The number of nitrogens with zero attached hydrogens (tertiary/aromatic N) is 1. The van der Waals surface area contributed by atoms with E-state index in [0.29, 0.717) is 13.0 Å². The number of amides is 1. The highest BCUT2D eigenvalue weighted by atomic mass is 32.2. The number of pyridine rings is 1. The first kappa shape index (κ1) is 23.0. The molecule has 8 nitrogen and oxygen atoms in total. The first-order valence-electron chi connectivity index (χ1n) is 9.75. The number of benzene rings is 1. The van der Waals surface area contributed by atoms with Crippen molar-refractivity contribution in [1.29, 1.82) is 0 Å². The van der Waals surface area contributed by atoms with E-state index in [2.05, 4.69) is 15.0 Å². The van der Waals surface area contributed by atoms with E-state index in [1.807, 2.05) is 12.1 Å². The molecule has 0 spiro atoms.